The van der Waals surface area contributed by atoms with Crippen molar-refractivity contribution in [2.24, 2.45) is 0 Å². The van der Waals surface area contributed by atoms with Gasteiger partial charge in [0.2, 0.25) is 0 Å². The molecule has 5 rings (SSSR count). The van der Waals surface area contributed by atoms with Crippen LogP contribution in [-0.4, -0.2) is 40.7 Å². The number of hydrogen-bond acceptors (Lipinski definition) is 5. The summed E-state index contributed by atoms with van der Waals surface area (Å²) in [4.78, 5) is 24.8. The first-order valence-corrected chi connectivity index (χ1v) is 11.3. The number of benzene rings is 2. The second kappa shape index (κ2) is 8.94. The zero-order valence-electron chi connectivity index (χ0n) is 18.9. The maximum absolute atomic E-state index is 12.8. The molecule has 2 aromatic heterocycles. The molecule has 0 radical (unpaired) electrons. The predicted molar refractivity (Wildman–Crippen MR) is 134 cm³/mol. The van der Waals surface area contributed by atoms with Crippen molar-refractivity contribution >= 4 is 23.2 Å². The molecule has 0 unspecified atom stereocenters. The summed E-state index contributed by atoms with van der Waals surface area (Å²) < 4.78 is 0. The predicted octanol–water partition coefficient (Wildman–Crippen LogP) is 3.53. The Kier molecular flexibility index (Phi) is 5.67. The summed E-state index contributed by atoms with van der Waals surface area (Å²) in [6, 6.07) is 18.9. The Morgan fingerprint density at radius 2 is 1.91 bits per heavy atom. The molecular weight excluding hydrogens is 424 g/mol. The average molecular weight is 451 g/mol. The maximum Gasteiger partial charge on any atom is 0.254 e. The molecule has 0 spiro atoms. The highest BCUT2D eigenvalue weighted by Crippen LogP contribution is 2.41. The van der Waals surface area contributed by atoms with Crippen LogP contribution in [0.4, 0.5) is 0 Å². The topological polar surface area (TPSA) is 107 Å². The summed E-state index contributed by atoms with van der Waals surface area (Å²) in [6.07, 6.45) is 7.71. The van der Waals surface area contributed by atoms with Gasteiger partial charge in [0.15, 0.2) is 0 Å². The van der Waals surface area contributed by atoms with Gasteiger partial charge in [0.05, 0.1) is 11.3 Å². The molecule has 0 saturated heterocycles. The highest BCUT2D eigenvalue weighted by molar-refractivity contribution is 6.11. The molecule has 1 aliphatic rings. The molecule has 170 valence electrons. The number of hydrogen-bond donors (Lipinski definition) is 4. The molecule has 34 heavy (non-hydrogen) atoms. The first-order chi connectivity index (χ1) is 16.6. The third-order valence-electron chi connectivity index (χ3n) is 6.58. The highest BCUT2D eigenvalue weighted by atomic mass is 16.1. The number of nitrogens with one attached hydrogen (secondary N) is 4. The van der Waals surface area contributed by atoms with Gasteiger partial charge >= 0.3 is 0 Å². The summed E-state index contributed by atoms with van der Waals surface area (Å²) in [6.45, 7) is 0.461. The van der Waals surface area contributed by atoms with Crippen LogP contribution in [0.3, 0.4) is 0 Å². The molecule has 7 heteroatoms. The fourth-order valence-electron chi connectivity index (χ4n) is 4.90. The number of carbonyl (C=O) groups is 1. The Labute approximate surface area is 197 Å². The average Bonchev–Trinajstić information content (AvgIpc) is 3.51. The Balaban J connectivity index is 1.54. The quantitative estimate of drug-likeness (QED) is 0.255. The second-order valence-electron chi connectivity index (χ2n) is 8.66. The van der Waals surface area contributed by atoms with E-state index >= 15 is 0 Å². The van der Waals surface area contributed by atoms with E-state index < -0.39 is 0 Å². The van der Waals surface area contributed by atoms with E-state index in [1.165, 1.54) is 17.3 Å². The first kappa shape index (κ1) is 21.6. The van der Waals surface area contributed by atoms with E-state index in [0.717, 1.165) is 46.9 Å². The van der Waals surface area contributed by atoms with Crippen molar-refractivity contribution in [2.45, 2.75) is 18.3 Å². The number of nitrogens with zero attached hydrogens (tertiary/aromatic N) is 2. The van der Waals surface area contributed by atoms with Crippen molar-refractivity contribution in [1.29, 1.82) is 5.41 Å². The minimum Gasteiger partial charge on any atom is -0.393 e. The monoisotopic (exact) mass is 450 g/mol. The van der Waals surface area contributed by atoms with Gasteiger partial charge in [0.25, 0.3) is 5.91 Å². The second-order valence-corrected chi connectivity index (χ2v) is 8.66. The van der Waals surface area contributed by atoms with E-state index in [1.54, 1.807) is 13.4 Å². The van der Waals surface area contributed by atoms with Gasteiger partial charge in [-0.25, -0.2) is 9.97 Å². The van der Waals surface area contributed by atoms with E-state index in [-0.39, 0.29) is 16.9 Å². The first-order valence-electron chi connectivity index (χ1n) is 11.3. The van der Waals surface area contributed by atoms with Crippen LogP contribution in [0.15, 0.2) is 78.9 Å². The van der Waals surface area contributed by atoms with Crippen molar-refractivity contribution < 1.29 is 4.79 Å². The summed E-state index contributed by atoms with van der Waals surface area (Å²) >= 11 is 0. The zero-order valence-corrected chi connectivity index (χ0v) is 18.9. The van der Waals surface area contributed by atoms with Gasteiger partial charge in [-0.15, -0.1) is 0 Å². The molecule has 0 fully saturated rings. The van der Waals surface area contributed by atoms with Crippen LogP contribution in [0.5, 0.6) is 0 Å². The van der Waals surface area contributed by atoms with E-state index in [1.807, 2.05) is 12.3 Å². The molecule has 1 amide bonds. The number of amides is 1. The summed E-state index contributed by atoms with van der Waals surface area (Å²) in [7, 11) is 1.71. The Bertz CT molecular complexity index is 1380. The lowest BCUT2D eigenvalue weighted by atomic mass is 9.76. The van der Waals surface area contributed by atoms with Crippen molar-refractivity contribution in [1.82, 2.24) is 25.6 Å². The van der Waals surface area contributed by atoms with Crippen LogP contribution in [0.25, 0.3) is 22.3 Å². The number of H-pyrrole nitrogens is 1. The zero-order chi connectivity index (χ0) is 23.5. The Morgan fingerprint density at radius 3 is 2.65 bits per heavy atom. The summed E-state index contributed by atoms with van der Waals surface area (Å²) in [5.74, 6) is -0.263. The Morgan fingerprint density at radius 1 is 1.12 bits per heavy atom. The fraction of sp³-hybridized carbons (Fsp3) is 0.185. The Hall–Kier alpha value is -4.26. The number of carbonyl (C=O) groups excluding carboxylic acids is 1. The van der Waals surface area contributed by atoms with Crippen molar-refractivity contribution in [2.75, 3.05) is 13.6 Å². The van der Waals surface area contributed by atoms with Crippen LogP contribution in [0.2, 0.25) is 0 Å². The number of fused-ring (bicyclic) bond motifs is 2. The van der Waals surface area contributed by atoms with Crippen LogP contribution in [-0.2, 0) is 23.1 Å². The highest BCUT2D eigenvalue weighted by Gasteiger charge is 2.39. The van der Waals surface area contributed by atoms with Crippen LogP contribution >= 0.6 is 0 Å². The van der Waals surface area contributed by atoms with Crippen molar-refractivity contribution in [3.05, 3.63) is 95.6 Å². The lowest BCUT2D eigenvalue weighted by molar-refractivity contribution is -0.117. The molecule has 4 aromatic rings. The summed E-state index contributed by atoms with van der Waals surface area (Å²) in [5.41, 5.74) is 6.45. The molecular formula is C27H26N6O. The van der Waals surface area contributed by atoms with E-state index in [4.69, 9.17) is 5.41 Å². The SMILES string of the molecule is CN/C=C(\C=N)C(=O)NCC1(c2cccc(-c3ncnc4[nH]ccc34)c2)Cc2ccccc2C1. The van der Waals surface area contributed by atoms with E-state index in [2.05, 4.69) is 74.1 Å². The normalized spacial score (nSPS) is 14.6. The molecule has 0 saturated carbocycles. The van der Waals surface area contributed by atoms with Gasteiger partial charge in [-0.3, -0.25) is 4.79 Å². The van der Waals surface area contributed by atoms with Gasteiger partial charge in [-0.05, 0) is 41.7 Å². The third-order valence-corrected chi connectivity index (χ3v) is 6.58. The molecule has 4 N–H and O–H groups in total. The molecule has 0 bridgehead atoms. The molecule has 1 aliphatic carbocycles. The van der Waals surface area contributed by atoms with E-state index in [9.17, 15) is 4.79 Å². The van der Waals surface area contributed by atoms with Crippen LogP contribution in [0, 0.1) is 5.41 Å². The van der Waals surface area contributed by atoms with Gasteiger partial charge in [-0.1, -0.05) is 42.5 Å². The van der Waals surface area contributed by atoms with E-state index in [0.29, 0.717) is 6.54 Å². The molecule has 2 aromatic carbocycles. The van der Waals surface area contributed by atoms with Crippen molar-refractivity contribution in [3.8, 4) is 11.3 Å². The maximum atomic E-state index is 12.8. The lowest BCUT2D eigenvalue weighted by Gasteiger charge is -2.30. The molecule has 2 heterocycles. The van der Waals surface area contributed by atoms with Gasteiger partial charge in [0.1, 0.15) is 12.0 Å². The summed E-state index contributed by atoms with van der Waals surface area (Å²) in [5, 5.41) is 14.5. The smallest absolute Gasteiger partial charge is 0.254 e. The van der Waals surface area contributed by atoms with Crippen LogP contribution < -0.4 is 10.6 Å². The minimum atomic E-state index is -0.299. The lowest BCUT2D eigenvalue weighted by Crippen LogP contribution is -2.42. The van der Waals surface area contributed by atoms with Crippen LogP contribution in [0.1, 0.15) is 16.7 Å². The third kappa shape index (κ3) is 3.85. The molecule has 0 aliphatic heterocycles. The molecule has 7 nitrogen and oxygen atoms in total. The minimum absolute atomic E-state index is 0.263. The van der Waals surface area contributed by atoms with Gasteiger partial charge < -0.3 is 21.0 Å². The van der Waals surface area contributed by atoms with Gasteiger partial charge in [0, 0.05) is 48.6 Å². The van der Waals surface area contributed by atoms with Crippen molar-refractivity contribution in [3.63, 3.8) is 0 Å². The number of aromatic amines is 1. The van der Waals surface area contributed by atoms with Gasteiger partial charge in [-0.2, -0.15) is 0 Å². The molecule has 0 atom stereocenters. The fourth-order valence-corrected chi connectivity index (χ4v) is 4.90. The largest absolute Gasteiger partial charge is 0.393 e. The standard InChI is InChI=1S/C27H26N6O/c1-29-15-21(14-28)26(34)31-16-27(12-19-5-2-3-6-20(19)13-27)22-8-4-7-18(11-22)24-23-9-10-30-25(23)33-17-32-24/h2-11,14-15,17,28-29H,12-13,16H2,1H3,(H,31,34)(H,30,32,33)/b21-15+,28-14?. The number of rotatable bonds is 7. The number of aromatic nitrogens is 3.